The Kier molecular flexibility index (Phi) is 3.33. The SMILES string of the molecule is CCSCC1=NC(C(=O)O)=CS1(=O)=O. The Balaban J connectivity index is 2.90. The molecule has 1 aliphatic rings. The molecule has 0 aliphatic carbocycles. The first-order valence-electron chi connectivity index (χ1n) is 3.82. The Bertz CT molecular complexity index is 407. The van der Waals surface area contributed by atoms with E-state index in [-0.39, 0.29) is 10.8 Å². The van der Waals surface area contributed by atoms with E-state index < -0.39 is 21.5 Å². The van der Waals surface area contributed by atoms with Crippen LogP contribution in [0.1, 0.15) is 6.92 Å². The summed E-state index contributed by atoms with van der Waals surface area (Å²) in [7, 11) is -3.57. The highest BCUT2D eigenvalue weighted by Gasteiger charge is 2.27. The zero-order valence-corrected chi connectivity index (χ0v) is 9.06. The Morgan fingerprint density at radius 1 is 1.64 bits per heavy atom. The summed E-state index contributed by atoms with van der Waals surface area (Å²) in [5.41, 5.74) is -0.406. The topological polar surface area (TPSA) is 83.8 Å². The molecule has 0 spiro atoms. The van der Waals surface area contributed by atoms with Crippen molar-refractivity contribution < 1.29 is 18.3 Å². The molecule has 0 fully saturated rings. The summed E-state index contributed by atoms with van der Waals surface area (Å²) in [4.78, 5) is 14.0. The standard InChI is InChI=1S/C7H9NO4S2/c1-2-13-3-6-8-5(7(9)10)4-14(6,11)12/h4H,2-3H2,1H3,(H,9,10). The van der Waals surface area contributed by atoms with Gasteiger partial charge < -0.3 is 5.11 Å². The number of hydrogen-bond acceptors (Lipinski definition) is 5. The van der Waals surface area contributed by atoms with Gasteiger partial charge in [-0.1, -0.05) is 6.92 Å². The number of rotatable bonds is 4. The minimum absolute atomic E-state index is 0.0678. The quantitative estimate of drug-likeness (QED) is 0.766. The fraction of sp³-hybridized carbons (Fsp3) is 0.429. The molecular weight excluding hydrogens is 226 g/mol. The third-order valence-electron chi connectivity index (χ3n) is 1.49. The minimum atomic E-state index is -3.57. The van der Waals surface area contributed by atoms with E-state index in [0.29, 0.717) is 5.41 Å². The van der Waals surface area contributed by atoms with Crippen LogP contribution in [0, 0.1) is 0 Å². The molecule has 0 aromatic carbocycles. The summed E-state index contributed by atoms with van der Waals surface area (Å²) in [6, 6.07) is 0. The van der Waals surface area contributed by atoms with E-state index in [4.69, 9.17) is 5.11 Å². The van der Waals surface area contributed by atoms with E-state index in [2.05, 4.69) is 4.99 Å². The Morgan fingerprint density at radius 3 is 2.71 bits per heavy atom. The second kappa shape index (κ2) is 4.14. The fourth-order valence-corrected chi connectivity index (χ4v) is 3.00. The molecule has 5 nitrogen and oxygen atoms in total. The van der Waals surface area contributed by atoms with Gasteiger partial charge >= 0.3 is 5.97 Å². The number of nitrogens with zero attached hydrogens (tertiary/aromatic N) is 1. The predicted molar refractivity (Wildman–Crippen MR) is 55.1 cm³/mol. The second-order valence-corrected chi connectivity index (χ2v) is 5.57. The van der Waals surface area contributed by atoms with Crippen molar-refractivity contribution in [1.82, 2.24) is 0 Å². The first kappa shape index (κ1) is 11.3. The fourth-order valence-electron chi connectivity index (χ4n) is 0.841. The van der Waals surface area contributed by atoms with Crippen molar-refractivity contribution in [3.05, 3.63) is 11.1 Å². The number of carbonyl (C=O) groups is 1. The molecule has 1 heterocycles. The lowest BCUT2D eigenvalue weighted by Gasteiger charge is -1.96. The van der Waals surface area contributed by atoms with Crippen molar-refractivity contribution in [2.45, 2.75) is 6.92 Å². The number of thioether (sulfide) groups is 1. The van der Waals surface area contributed by atoms with Gasteiger partial charge in [-0.25, -0.2) is 18.2 Å². The van der Waals surface area contributed by atoms with Gasteiger partial charge in [0.25, 0.3) is 0 Å². The first-order chi connectivity index (χ1) is 6.47. The lowest BCUT2D eigenvalue weighted by Crippen LogP contribution is -2.11. The molecule has 14 heavy (non-hydrogen) atoms. The number of carboxylic acids is 1. The molecule has 0 atom stereocenters. The Labute approximate surface area is 85.8 Å². The van der Waals surface area contributed by atoms with Crippen molar-refractivity contribution in [3.63, 3.8) is 0 Å². The number of aliphatic carboxylic acids is 1. The van der Waals surface area contributed by atoms with Gasteiger partial charge in [0.1, 0.15) is 5.04 Å². The number of sulfone groups is 1. The molecule has 0 unspecified atom stereocenters. The van der Waals surface area contributed by atoms with Crippen LogP contribution in [0.15, 0.2) is 16.1 Å². The van der Waals surface area contributed by atoms with E-state index in [1.807, 2.05) is 6.92 Å². The summed E-state index contributed by atoms with van der Waals surface area (Å²) < 4.78 is 22.6. The molecule has 0 saturated heterocycles. The molecule has 7 heteroatoms. The number of carboxylic acid groups (broad SMARTS) is 1. The van der Waals surface area contributed by atoms with Crippen LogP contribution >= 0.6 is 11.8 Å². The van der Waals surface area contributed by atoms with Crippen LogP contribution in [0.4, 0.5) is 0 Å². The highest BCUT2D eigenvalue weighted by molar-refractivity contribution is 8.12. The van der Waals surface area contributed by atoms with Crippen LogP contribution in [0.2, 0.25) is 0 Å². The van der Waals surface area contributed by atoms with Gasteiger partial charge in [-0.15, -0.1) is 0 Å². The highest BCUT2D eigenvalue weighted by atomic mass is 32.2. The molecule has 1 N–H and O–H groups in total. The molecule has 0 aromatic rings. The molecule has 78 valence electrons. The van der Waals surface area contributed by atoms with Crippen molar-refractivity contribution in [3.8, 4) is 0 Å². The van der Waals surface area contributed by atoms with Gasteiger partial charge in [-0.3, -0.25) is 0 Å². The maximum absolute atomic E-state index is 11.3. The molecule has 0 aromatic heterocycles. The van der Waals surface area contributed by atoms with E-state index in [1.54, 1.807) is 0 Å². The summed E-state index contributed by atoms with van der Waals surface area (Å²) in [6.07, 6.45) is 0. The summed E-state index contributed by atoms with van der Waals surface area (Å²) >= 11 is 1.39. The van der Waals surface area contributed by atoms with Crippen molar-refractivity contribution >= 4 is 32.6 Å². The summed E-state index contributed by atoms with van der Waals surface area (Å²) in [5, 5.41) is 9.17. The number of aliphatic imine (C=N–C) groups is 1. The molecule has 0 bridgehead atoms. The minimum Gasteiger partial charge on any atom is -0.476 e. The molecule has 1 rings (SSSR count). The van der Waals surface area contributed by atoms with Crippen molar-refractivity contribution in [2.75, 3.05) is 11.5 Å². The largest absolute Gasteiger partial charge is 0.476 e. The highest BCUT2D eigenvalue weighted by Crippen LogP contribution is 2.17. The third kappa shape index (κ3) is 2.36. The summed E-state index contributed by atoms with van der Waals surface area (Å²) in [5.74, 6) is -0.326. The Morgan fingerprint density at radius 2 is 2.29 bits per heavy atom. The van der Waals surface area contributed by atoms with E-state index >= 15 is 0 Å². The zero-order valence-electron chi connectivity index (χ0n) is 7.43. The van der Waals surface area contributed by atoms with Crippen LogP contribution in [0.25, 0.3) is 0 Å². The summed E-state index contributed by atoms with van der Waals surface area (Å²) in [6.45, 7) is 1.89. The average molecular weight is 235 g/mol. The predicted octanol–water partition coefficient (Wildman–Crippen LogP) is 0.492. The average Bonchev–Trinajstić information content (AvgIpc) is 2.38. The normalized spacial score (nSPS) is 18.9. The van der Waals surface area contributed by atoms with Crippen molar-refractivity contribution in [1.29, 1.82) is 0 Å². The van der Waals surface area contributed by atoms with E-state index in [9.17, 15) is 13.2 Å². The van der Waals surface area contributed by atoms with E-state index in [1.165, 1.54) is 11.8 Å². The second-order valence-electron chi connectivity index (χ2n) is 2.50. The molecular formula is C7H9NO4S2. The van der Waals surface area contributed by atoms with Crippen LogP contribution in [-0.4, -0.2) is 36.0 Å². The zero-order chi connectivity index (χ0) is 10.8. The van der Waals surface area contributed by atoms with Gasteiger partial charge in [-0.05, 0) is 5.75 Å². The maximum Gasteiger partial charge on any atom is 0.355 e. The molecule has 0 radical (unpaired) electrons. The van der Waals surface area contributed by atoms with Crippen LogP contribution in [0.5, 0.6) is 0 Å². The van der Waals surface area contributed by atoms with Gasteiger partial charge in [0.05, 0.1) is 5.41 Å². The smallest absolute Gasteiger partial charge is 0.355 e. The maximum atomic E-state index is 11.3. The Hall–Kier alpha value is -0.820. The lowest BCUT2D eigenvalue weighted by molar-refractivity contribution is -0.132. The van der Waals surface area contributed by atoms with E-state index in [0.717, 1.165) is 5.75 Å². The third-order valence-corrected chi connectivity index (χ3v) is 3.98. The lowest BCUT2D eigenvalue weighted by atomic mass is 10.5. The van der Waals surface area contributed by atoms with Crippen LogP contribution in [-0.2, 0) is 14.6 Å². The van der Waals surface area contributed by atoms with Gasteiger partial charge in [0.15, 0.2) is 5.70 Å². The molecule has 0 saturated carbocycles. The van der Waals surface area contributed by atoms with Crippen LogP contribution in [0.3, 0.4) is 0 Å². The monoisotopic (exact) mass is 235 g/mol. The van der Waals surface area contributed by atoms with Gasteiger partial charge in [-0.2, -0.15) is 11.8 Å². The van der Waals surface area contributed by atoms with Crippen LogP contribution < -0.4 is 0 Å². The van der Waals surface area contributed by atoms with Crippen molar-refractivity contribution in [2.24, 2.45) is 4.99 Å². The molecule has 0 amide bonds. The first-order valence-corrected chi connectivity index (χ1v) is 6.53. The van der Waals surface area contributed by atoms with Gasteiger partial charge in [0, 0.05) is 5.75 Å². The van der Waals surface area contributed by atoms with Gasteiger partial charge in [0.2, 0.25) is 9.84 Å². The number of hydrogen-bond donors (Lipinski definition) is 1. The molecule has 1 aliphatic heterocycles.